The van der Waals surface area contributed by atoms with Gasteiger partial charge in [0.05, 0.1) is 6.61 Å². The highest BCUT2D eigenvalue weighted by Gasteiger charge is 2.36. The molecule has 2 heterocycles. The van der Waals surface area contributed by atoms with E-state index in [1.165, 1.54) is 37.5 Å². The normalized spacial score (nSPS) is 23.8. The van der Waals surface area contributed by atoms with Crippen molar-refractivity contribution < 1.29 is 31.7 Å². The van der Waals surface area contributed by atoms with E-state index in [1.54, 1.807) is 6.07 Å². The minimum Gasteiger partial charge on any atom is -0.405 e. The van der Waals surface area contributed by atoms with E-state index in [0.29, 0.717) is 11.3 Å². The fourth-order valence-electron chi connectivity index (χ4n) is 4.53. The predicted molar refractivity (Wildman–Crippen MR) is 108 cm³/mol. The second kappa shape index (κ2) is 9.43. The lowest BCUT2D eigenvalue weighted by atomic mass is 10.0. The van der Waals surface area contributed by atoms with E-state index < -0.39 is 15.4 Å². The zero-order chi connectivity index (χ0) is 22.0. The summed E-state index contributed by atoms with van der Waals surface area (Å²) < 4.78 is 60.7. The number of rotatable bonds is 5. The molecule has 1 N–H and O–H groups in total. The molecule has 0 radical (unpaired) electrons. The molecule has 2 aromatic rings. The Morgan fingerprint density at radius 3 is 2.39 bits per heavy atom. The van der Waals surface area contributed by atoms with Gasteiger partial charge in [-0.1, -0.05) is 23.7 Å². The number of benzene rings is 1. The Kier molecular flexibility index (Phi) is 6.84. The van der Waals surface area contributed by atoms with Crippen LogP contribution in [0, 0.1) is 11.8 Å². The smallest absolute Gasteiger partial charge is 0.405 e. The van der Waals surface area contributed by atoms with Crippen LogP contribution in [0.2, 0.25) is 0 Å². The van der Waals surface area contributed by atoms with Crippen molar-refractivity contribution in [1.29, 1.82) is 0 Å². The molecule has 1 aromatic heterocycles. The highest BCUT2D eigenvalue weighted by Crippen LogP contribution is 2.45. The van der Waals surface area contributed by atoms with E-state index in [2.05, 4.69) is 9.89 Å². The summed E-state index contributed by atoms with van der Waals surface area (Å²) >= 11 is 0. The van der Waals surface area contributed by atoms with Crippen LogP contribution < -0.4 is 4.74 Å². The molecule has 0 bridgehead atoms. The Bertz CT molecular complexity index is 876. The molecule has 1 saturated heterocycles. The van der Waals surface area contributed by atoms with Gasteiger partial charge >= 0.3 is 6.36 Å². The quantitative estimate of drug-likeness (QED) is 0.451. The topological polar surface area (TPSA) is 58.7 Å². The molecule has 1 aromatic carbocycles. The summed E-state index contributed by atoms with van der Waals surface area (Å²) in [6.45, 7) is 1.74. The lowest BCUT2D eigenvalue weighted by Gasteiger charge is -2.12. The van der Waals surface area contributed by atoms with Gasteiger partial charge in [0.15, 0.2) is 0 Å². The summed E-state index contributed by atoms with van der Waals surface area (Å²) in [4.78, 5) is 0. The Balaban J connectivity index is 0.000000192. The van der Waals surface area contributed by atoms with Crippen molar-refractivity contribution in [3.05, 3.63) is 35.6 Å². The molecule has 31 heavy (non-hydrogen) atoms. The maximum atomic E-state index is 12.4. The second-order valence-corrected chi connectivity index (χ2v) is 9.09. The molecule has 0 spiro atoms. The third-order valence-corrected chi connectivity index (χ3v) is 6.74. The van der Waals surface area contributed by atoms with Crippen LogP contribution in [0.15, 0.2) is 28.8 Å². The molecule has 5 nitrogen and oxygen atoms in total. The standard InChI is InChI=1S/C14H12F3NO3.C7H13FNP/c15-14(16,17)20-11-4-2-1-3-9(11)12-10(7-19)13(21-18-12)8-5-6-8;8-10-9-4-6-2-1-3-7(6)5-9/h1-4,8,19H,5-7H2;6-7,10H,1-5H2/t;6-,7+. The summed E-state index contributed by atoms with van der Waals surface area (Å²) in [5.74, 6) is 2.08. The van der Waals surface area contributed by atoms with E-state index in [9.17, 15) is 22.5 Å². The van der Waals surface area contributed by atoms with Gasteiger partial charge in [-0.05, 0) is 49.7 Å². The van der Waals surface area contributed by atoms with Crippen molar-refractivity contribution in [2.45, 2.75) is 51.0 Å². The highest BCUT2D eigenvalue weighted by molar-refractivity contribution is 7.28. The third-order valence-electron chi connectivity index (χ3n) is 6.14. The molecule has 5 rings (SSSR count). The summed E-state index contributed by atoms with van der Waals surface area (Å²) in [5, 5.41) is 13.3. The maximum absolute atomic E-state index is 12.4. The van der Waals surface area contributed by atoms with E-state index >= 15 is 0 Å². The number of aliphatic hydroxyl groups is 1. The van der Waals surface area contributed by atoms with Gasteiger partial charge in [0.2, 0.25) is 0 Å². The Morgan fingerprint density at radius 2 is 1.81 bits per heavy atom. The maximum Gasteiger partial charge on any atom is 0.573 e. The van der Waals surface area contributed by atoms with Crippen LogP contribution in [0.1, 0.15) is 49.3 Å². The van der Waals surface area contributed by atoms with Crippen molar-refractivity contribution in [3.63, 3.8) is 0 Å². The number of para-hydroxylation sites is 1. The molecule has 1 unspecified atom stereocenters. The molecule has 3 fully saturated rings. The average molecular weight is 460 g/mol. The third kappa shape index (κ3) is 5.38. The fourth-order valence-corrected chi connectivity index (χ4v) is 5.14. The number of nitrogens with zero attached hydrogens (tertiary/aromatic N) is 2. The molecule has 3 aliphatic rings. The summed E-state index contributed by atoms with van der Waals surface area (Å²) in [7, 11) is -0.446. The van der Waals surface area contributed by atoms with Crippen LogP contribution in [0.5, 0.6) is 5.75 Å². The van der Waals surface area contributed by atoms with Crippen LogP contribution in [0.25, 0.3) is 11.3 Å². The molecule has 0 amide bonds. The van der Waals surface area contributed by atoms with E-state index in [4.69, 9.17) is 4.52 Å². The Labute approximate surface area is 179 Å². The van der Waals surface area contributed by atoms with Crippen molar-refractivity contribution in [2.75, 3.05) is 13.1 Å². The zero-order valence-corrected chi connectivity index (χ0v) is 17.9. The first-order valence-electron chi connectivity index (χ1n) is 10.4. The first kappa shape index (κ1) is 22.5. The first-order valence-corrected chi connectivity index (χ1v) is 11.3. The average Bonchev–Trinajstić information content (AvgIpc) is 3.15. The molecule has 3 atom stereocenters. The van der Waals surface area contributed by atoms with Gasteiger partial charge in [-0.2, -0.15) is 0 Å². The van der Waals surface area contributed by atoms with Crippen LogP contribution >= 0.6 is 9.04 Å². The van der Waals surface area contributed by atoms with E-state index in [0.717, 1.165) is 37.8 Å². The predicted octanol–water partition coefficient (Wildman–Crippen LogP) is 5.81. The number of fused-ring (bicyclic) bond motifs is 1. The van der Waals surface area contributed by atoms with Gasteiger partial charge in [-0.3, -0.25) is 4.67 Å². The Hall–Kier alpha value is -1.70. The monoisotopic (exact) mass is 460 g/mol. The minimum absolute atomic E-state index is 0.148. The van der Waals surface area contributed by atoms with Crippen LogP contribution in [-0.2, 0) is 6.61 Å². The lowest BCUT2D eigenvalue weighted by Crippen LogP contribution is -2.17. The number of aliphatic hydroxyl groups excluding tert-OH is 1. The zero-order valence-electron chi connectivity index (χ0n) is 16.9. The number of alkyl halides is 3. The summed E-state index contributed by atoms with van der Waals surface area (Å²) in [5.41, 5.74) is 0.768. The largest absolute Gasteiger partial charge is 0.573 e. The fraction of sp³-hybridized carbons (Fsp3) is 0.571. The number of hydrogen-bond donors (Lipinski definition) is 1. The summed E-state index contributed by atoms with van der Waals surface area (Å²) in [6, 6.07) is 5.67. The van der Waals surface area contributed by atoms with E-state index in [-0.39, 0.29) is 29.5 Å². The molecule has 1 aliphatic heterocycles. The minimum atomic E-state index is -4.79. The van der Waals surface area contributed by atoms with Gasteiger partial charge in [0, 0.05) is 30.1 Å². The molecular formula is C21H25F4N2O3P. The number of ether oxygens (including phenoxy) is 1. The van der Waals surface area contributed by atoms with Gasteiger partial charge in [-0.15, -0.1) is 13.2 Å². The molecule has 10 heteroatoms. The van der Waals surface area contributed by atoms with Gasteiger partial charge in [0.25, 0.3) is 0 Å². The first-order chi connectivity index (χ1) is 14.9. The van der Waals surface area contributed by atoms with Crippen LogP contribution in [-0.4, -0.2) is 34.4 Å². The van der Waals surface area contributed by atoms with Crippen molar-refractivity contribution in [2.24, 2.45) is 11.8 Å². The molecule has 2 aliphatic carbocycles. The Morgan fingerprint density at radius 1 is 1.13 bits per heavy atom. The summed E-state index contributed by atoms with van der Waals surface area (Å²) in [6.07, 6.45) is 1.17. The lowest BCUT2D eigenvalue weighted by molar-refractivity contribution is -0.274. The molecule has 2 saturated carbocycles. The highest BCUT2D eigenvalue weighted by atomic mass is 31.1. The van der Waals surface area contributed by atoms with E-state index in [1.807, 2.05) is 4.67 Å². The van der Waals surface area contributed by atoms with Crippen molar-refractivity contribution >= 4 is 9.04 Å². The number of aromatic nitrogens is 1. The van der Waals surface area contributed by atoms with Crippen molar-refractivity contribution in [1.82, 2.24) is 9.83 Å². The molecule has 170 valence electrons. The van der Waals surface area contributed by atoms with Gasteiger partial charge in [-0.25, -0.2) is 4.20 Å². The molecular weight excluding hydrogens is 435 g/mol. The second-order valence-electron chi connectivity index (χ2n) is 8.29. The van der Waals surface area contributed by atoms with Gasteiger partial charge in [0.1, 0.15) is 26.2 Å². The number of hydrogen-bond acceptors (Lipinski definition) is 5. The van der Waals surface area contributed by atoms with Crippen molar-refractivity contribution in [3.8, 4) is 17.0 Å². The van der Waals surface area contributed by atoms with Crippen LogP contribution in [0.3, 0.4) is 0 Å². The number of halogens is 4. The van der Waals surface area contributed by atoms with Gasteiger partial charge < -0.3 is 14.4 Å². The SMILES string of the molecule is FPN1C[C@H]2CCC[C@H]2C1.OCc1c(-c2ccccc2OC(F)(F)F)noc1C1CC1. The van der Waals surface area contributed by atoms with Crippen LogP contribution in [0.4, 0.5) is 17.4 Å².